The molecule has 7 heteroatoms. The van der Waals surface area contributed by atoms with Crippen LogP contribution in [0.5, 0.6) is 0 Å². The van der Waals surface area contributed by atoms with E-state index in [4.69, 9.17) is 18.0 Å². The number of piperazine rings is 1. The normalized spacial score (nSPS) is 15.0. The molecule has 0 bridgehead atoms. The molecule has 0 spiro atoms. The van der Waals surface area contributed by atoms with E-state index < -0.39 is 0 Å². The summed E-state index contributed by atoms with van der Waals surface area (Å²) >= 11 is 4.76. The molecule has 148 valence electrons. The number of hydrogen-bond acceptors (Lipinski definition) is 5. The van der Waals surface area contributed by atoms with E-state index >= 15 is 0 Å². The average molecular weight is 397 g/mol. The van der Waals surface area contributed by atoms with Gasteiger partial charge in [-0.1, -0.05) is 24.3 Å². The van der Waals surface area contributed by atoms with Crippen LogP contribution in [0, 0.1) is 6.92 Å². The van der Waals surface area contributed by atoms with Gasteiger partial charge in [0.05, 0.1) is 6.21 Å². The Morgan fingerprint density at radius 3 is 2.61 bits per heavy atom. The highest BCUT2D eigenvalue weighted by Gasteiger charge is 2.18. The number of nitrogens with zero attached hydrogens (tertiary/aromatic N) is 3. The van der Waals surface area contributed by atoms with Crippen LogP contribution in [0.15, 0.2) is 47.6 Å². The average Bonchev–Trinajstić information content (AvgIpc) is 2.70. The highest BCUT2D eigenvalue weighted by molar-refractivity contribution is 7.80. The molecule has 1 fully saturated rings. The zero-order chi connectivity index (χ0) is 19.9. The molecule has 2 aromatic rings. The lowest BCUT2D eigenvalue weighted by Crippen LogP contribution is -2.46. The minimum Gasteiger partial charge on any atom is -0.388 e. The number of nitrogens with one attached hydrogen (secondary N) is 2. The third-order valence-electron chi connectivity index (χ3n) is 5.08. The summed E-state index contributed by atoms with van der Waals surface area (Å²) < 4.78 is 0. The molecule has 0 aliphatic carbocycles. The summed E-state index contributed by atoms with van der Waals surface area (Å²) in [5, 5.41) is 7.44. The highest BCUT2D eigenvalue weighted by Crippen LogP contribution is 2.24. The summed E-state index contributed by atoms with van der Waals surface area (Å²) in [6, 6.07) is 15.0. The van der Waals surface area contributed by atoms with Crippen molar-refractivity contribution >= 4 is 34.9 Å². The van der Waals surface area contributed by atoms with E-state index in [0.29, 0.717) is 0 Å². The summed E-state index contributed by atoms with van der Waals surface area (Å²) in [7, 11) is 1.91. The zero-order valence-corrected chi connectivity index (χ0v) is 17.3. The molecular formula is C21H28N6S. The first kappa shape index (κ1) is 20.1. The highest BCUT2D eigenvalue weighted by atomic mass is 32.1. The number of nitrogens with two attached hydrogens (primary N) is 1. The Morgan fingerprint density at radius 2 is 1.93 bits per heavy atom. The predicted octanol–water partition coefficient (Wildman–Crippen LogP) is 2.53. The summed E-state index contributed by atoms with van der Waals surface area (Å²) in [6.45, 7) is 7.37. The zero-order valence-electron chi connectivity index (χ0n) is 16.5. The Morgan fingerprint density at radius 1 is 1.18 bits per heavy atom. The van der Waals surface area contributed by atoms with Gasteiger partial charge in [-0.3, -0.25) is 10.3 Å². The van der Waals surface area contributed by atoms with E-state index in [0.717, 1.165) is 44.0 Å². The van der Waals surface area contributed by atoms with Crippen molar-refractivity contribution in [3.8, 4) is 0 Å². The van der Waals surface area contributed by atoms with Crippen LogP contribution in [-0.2, 0) is 6.54 Å². The summed E-state index contributed by atoms with van der Waals surface area (Å²) in [4.78, 5) is 4.96. The number of hydrogen-bond donors (Lipinski definition) is 3. The Balaban J connectivity index is 1.61. The molecule has 6 nitrogen and oxygen atoms in total. The lowest BCUT2D eigenvalue weighted by atomic mass is 10.1. The molecule has 4 N–H and O–H groups in total. The standard InChI is InChI=1S/C21H28N6S/c1-16-5-3-4-6-18(16)15-26-9-11-27(12-10-26)19-8-7-17(20(13-19)23-2)14-24-25-21(22)28/h3-8,13-14,23H,9-12,15H2,1-2H3,(H3,22,25,28)/b24-14+. The smallest absolute Gasteiger partial charge is 0.184 e. The molecule has 1 saturated heterocycles. The van der Waals surface area contributed by atoms with Gasteiger partial charge in [0, 0.05) is 56.7 Å². The van der Waals surface area contributed by atoms with Crippen molar-refractivity contribution in [2.24, 2.45) is 10.8 Å². The van der Waals surface area contributed by atoms with Crippen LogP contribution in [0.4, 0.5) is 11.4 Å². The molecule has 3 rings (SSSR count). The van der Waals surface area contributed by atoms with E-state index in [2.05, 4.69) is 75.0 Å². The van der Waals surface area contributed by atoms with Gasteiger partial charge in [-0.25, -0.2) is 0 Å². The van der Waals surface area contributed by atoms with Gasteiger partial charge >= 0.3 is 0 Å². The maximum Gasteiger partial charge on any atom is 0.184 e. The summed E-state index contributed by atoms with van der Waals surface area (Å²) in [6.07, 6.45) is 1.72. The third kappa shape index (κ3) is 5.21. The number of rotatable bonds is 6. The Labute approximate surface area is 172 Å². The second-order valence-electron chi connectivity index (χ2n) is 6.95. The maximum absolute atomic E-state index is 5.40. The van der Waals surface area contributed by atoms with Crippen LogP contribution in [0.3, 0.4) is 0 Å². The monoisotopic (exact) mass is 396 g/mol. The van der Waals surface area contributed by atoms with Gasteiger partial charge in [-0.2, -0.15) is 5.10 Å². The SMILES string of the molecule is CNc1cc(N2CCN(Cc3ccccc3C)CC2)ccc1/C=N/NC(N)=S. The first-order valence-corrected chi connectivity index (χ1v) is 9.90. The Hall–Kier alpha value is -2.64. The van der Waals surface area contributed by atoms with Gasteiger partial charge < -0.3 is 16.0 Å². The Kier molecular flexibility index (Phi) is 6.84. The lowest BCUT2D eigenvalue weighted by Gasteiger charge is -2.36. The molecule has 0 atom stereocenters. The van der Waals surface area contributed by atoms with Gasteiger partial charge in [0.15, 0.2) is 5.11 Å². The van der Waals surface area contributed by atoms with Crippen molar-refractivity contribution in [1.29, 1.82) is 0 Å². The van der Waals surface area contributed by atoms with E-state index in [1.165, 1.54) is 16.8 Å². The van der Waals surface area contributed by atoms with E-state index in [1.54, 1.807) is 6.21 Å². The van der Waals surface area contributed by atoms with Crippen LogP contribution in [-0.4, -0.2) is 49.5 Å². The minimum atomic E-state index is 0.155. The molecule has 0 radical (unpaired) electrons. The van der Waals surface area contributed by atoms with Gasteiger partial charge in [0.25, 0.3) is 0 Å². The quantitative estimate of drug-likeness (QED) is 0.396. The van der Waals surface area contributed by atoms with Crippen molar-refractivity contribution in [3.63, 3.8) is 0 Å². The first-order chi connectivity index (χ1) is 13.6. The van der Waals surface area contributed by atoms with Crippen molar-refractivity contribution in [2.45, 2.75) is 13.5 Å². The van der Waals surface area contributed by atoms with Crippen LogP contribution in [0.2, 0.25) is 0 Å². The molecule has 0 saturated carbocycles. The van der Waals surface area contributed by atoms with Crippen LogP contribution in [0.25, 0.3) is 0 Å². The van der Waals surface area contributed by atoms with Crippen LogP contribution >= 0.6 is 12.2 Å². The number of aryl methyl sites for hydroxylation is 1. The summed E-state index contributed by atoms with van der Waals surface area (Å²) in [5.41, 5.74) is 14.0. The topological polar surface area (TPSA) is 68.9 Å². The molecule has 1 heterocycles. The maximum atomic E-state index is 5.40. The molecule has 2 aromatic carbocycles. The van der Waals surface area contributed by atoms with Gasteiger partial charge in [0.1, 0.15) is 0 Å². The largest absolute Gasteiger partial charge is 0.388 e. The van der Waals surface area contributed by atoms with Crippen LogP contribution in [0.1, 0.15) is 16.7 Å². The number of thiocarbonyl (C=S) groups is 1. The number of anilines is 2. The van der Waals surface area contributed by atoms with E-state index in [-0.39, 0.29) is 5.11 Å². The van der Waals surface area contributed by atoms with E-state index in [1.807, 2.05) is 7.05 Å². The third-order valence-corrected chi connectivity index (χ3v) is 5.17. The summed E-state index contributed by atoms with van der Waals surface area (Å²) in [5.74, 6) is 0. The second-order valence-corrected chi connectivity index (χ2v) is 7.39. The minimum absolute atomic E-state index is 0.155. The number of benzene rings is 2. The fourth-order valence-corrected chi connectivity index (χ4v) is 3.48. The van der Waals surface area contributed by atoms with Gasteiger partial charge in [0.2, 0.25) is 0 Å². The van der Waals surface area contributed by atoms with Crippen molar-refractivity contribution in [1.82, 2.24) is 10.3 Å². The van der Waals surface area contributed by atoms with Crippen LogP contribution < -0.4 is 21.4 Å². The fraction of sp³-hybridized carbons (Fsp3) is 0.333. The second kappa shape index (κ2) is 9.52. The molecule has 28 heavy (non-hydrogen) atoms. The fourth-order valence-electron chi connectivity index (χ4n) is 3.43. The molecule has 0 unspecified atom stereocenters. The van der Waals surface area contributed by atoms with Gasteiger partial charge in [-0.05, 0) is 48.5 Å². The van der Waals surface area contributed by atoms with Crippen molar-refractivity contribution < 1.29 is 0 Å². The lowest BCUT2D eigenvalue weighted by molar-refractivity contribution is 0.249. The molecule has 1 aliphatic rings. The predicted molar refractivity (Wildman–Crippen MR) is 122 cm³/mol. The van der Waals surface area contributed by atoms with Gasteiger partial charge in [-0.15, -0.1) is 0 Å². The van der Waals surface area contributed by atoms with E-state index in [9.17, 15) is 0 Å². The molecule has 1 aliphatic heterocycles. The molecule has 0 aromatic heterocycles. The molecule has 0 amide bonds. The Bertz CT molecular complexity index is 843. The molecular weight excluding hydrogens is 368 g/mol. The van der Waals surface area contributed by atoms with Crippen molar-refractivity contribution in [3.05, 3.63) is 59.2 Å². The number of hydrazone groups is 1. The van der Waals surface area contributed by atoms with Crippen molar-refractivity contribution in [2.75, 3.05) is 43.4 Å². The first-order valence-electron chi connectivity index (χ1n) is 9.49.